The summed E-state index contributed by atoms with van der Waals surface area (Å²) in [5, 5.41) is 0. The first-order chi connectivity index (χ1) is 12.4. The van der Waals surface area contributed by atoms with Crippen molar-refractivity contribution in [2.24, 2.45) is 5.92 Å². The average Bonchev–Trinajstić information content (AvgIpc) is 2.81. The van der Waals surface area contributed by atoms with Gasteiger partial charge in [0.25, 0.3) is 5.91 Å². The molecule has 8 heteroatoms. The Hall–Kier alpha value is -1.54. The standard InChI is InChI=1S/C19H25BF3NO3/c1-17(2)18(3,4)27-20(26-17)15-10-6-5-9-14(15)16(25)24-11-7-8-13(12-24)19(21,22)23/h5-6,9-10,13H,7-8,11-12H2,1-4H3. The zero-order valence-electron chi connectivity index (χ0n) is 16.1. The van der Waals surface area contributed by atoms with Crippen molar-refractivity contribution in [3.63, 3.8) is 0 Å². The molecule has 2 saturated heterocycles. The van der Waals surface area contributed by atoms with Crippen molar-refractivity contribution in [2.75, 3.05) is 13.1 Å². The summed E-state index contributed by atoms with van der Waals surface area (Å²) >= 11 is 0. The monoisotopic (exact) mass is 383 g/mol. The maximum Gasteiger partial charge on any atom is 0.495 e. The Balaban J connectivity index is 1.85. The molecular weight excluding hydrogens is 358 g/mol. The zero-order chi connectivity index (χ0) is 20.0. The summed E-state index contributed by atoms with van der Waals surface area (Å²) in [4.78, 5) is 14.3. The molecule has 0 aromatic heterocycles. The summed E-state index contributed by atoms with van der Waals surface area (Å²) in [6.45, 7) is 7.67. The number of hydrogen-bond donors (Lipinski definition) is 0. The van der Waals surface area contributed by atoms with E-state index in [1.807, 2.05) is 27.7 Å². The summed E-state index contributed by atoms with van der Waals surface area (Å²) in [6.07, 6.45) is -3.88. The first-order valence-corrected chi connectivity index (χ1v) is 9.23. The van der Waals surface area contributed by atoms with Gasteiger partial charge in [0.2, 0.25) is 0 Å². The molecule has 0 spiro atoms. The molecule has 2 aliphatic rings. The van der Waals surface area contributed by atoms with Crippen molar-refractivity contribution in [1.29, 1.82) is 0 Å². The average molecular weight is 383 g/mol. The van der Waals surface area contributed by atoms with Crippen LogP contribution in [0.5, 0.6) is 0 Å². The second-order valence-electron chi connectivity index (χ2n) is 8.31. The van der Waals surface area contributed by atoms with Gasteiger partial charge in [0.15, 0.2) is 0 Å². The zero-order valence-corrected chi connectivity index (χ0v) is 16.1. The Morgan fingerprint density at radius 3 is 2.33 bits per heavy atom. The predicted octanol–water partition coefficient (Wildman–Crippen LogP) is 3.40. The number of hydrogen-bond acceptors (Lipinski definition) is 3. The molecule has 1 unspecified atom stereocenters. The van der Waals surface area contributed by atoms with E-state index < -0.39 is 36.3 Å². The van der Waals surface area contributed by atoms with E-state index in [-0.39, 0.29) is 13.0 Å². The fourth-order valence-corrected chi connectivity index (χ4v) is 3.47. The van der Waals surface area contributed by atoms with E-state index in [1.54, 1.807) is 24.3 Å². The lowest BCUT2D eigenvalue weighted by Crippen LogP contribution is -2.47. The number of piperidine rings is 1. The minimum atomic E-state index is -4.29. The Bertz CT molecular complexity index is 704. The maximum absolute atomic E-state index is 13.1. The van der Waals surface area contributed by atoms with Gasteiger partial charge in [-0.25, -0.2) is 0 Å². The molecule has 0 saturated carbocycles. The molecule has 1 aromatic rings. The third kappa shape index (κ3) is 3.87. The van der Waals surface area contributed by atoms with Gasteiger partial charge in [-0.2, -0.15) is 13.2 Å². The molecule has 4 nitrogen and oxygen atoms in total. The number of rotatable bonds is 2. The lowest BCUT2D eigenvalue weighted by molar-refractivity contribution is -0.184. The van der Waals surface area contributed by atoms with Crippen LogP contribution in [0.1, 0.15) is 50.9 Å². The Morgan fingerprint density at radius 2 is 1.74 bits per heavy atom. The van der Waals surface area contributed by atoms with Crippen LogP contribution in [0.25, 0.3) is 0 Å². The van der Waals surface area contributed by atoms with Gasteiger partial charge >= 0.3 is 13.3 Å². The minimum absolute atomic E-state index is 0.0617. The van der Waals surface area contributed by atoms with Gasteiger partial charge in [0, 0.05) is 18.7 Å². The Morgan fingerprint density at radius 1 is 1.15 bits per heavy atom. The van der Waals surface area contributed by atoms with Crippen molar-refractivity contribution in [1.82, 2.24) is 4.90 Å². The van der Waals surface area contributed by atoms with Crippen molar-refractivity contribution in [2.45, 2.75) is 57.9 Å². The topological polar surface area (TPSA) is 38.8 Å². The first-order valence-electron chi connectivity index (χ1n) is 9.23. The summed E-state index contributed by atoms with van der Waals surface area (Å²) in [7, 11) is -0.738. The van der Waals surface area contributed by atoms with Crippen molar-refractivity contribution in [3.05, 3.63) is 29.8 Å². The van der Waals surface area contributed by atoms with Gasteiger partial charge in [-0.1, -0.05) is 18.2 Å². The molecule has 1 amide bonds. The van der Waals surface area contributed by atoms with Crippen LogP contribution in [0.2, 0.25) is 0 Å². The molecule has 1 atom stereocenters. The number of amides is 1. The maximum atomic E-state index is 13.1. The fraction of sp³-hybridized carbons (Fsp3) is 0.632. The van der Waals surface area contributed by atoms with Crippen molar-refractivity contribution >= 4 is 18.5 Å². The summed E-state index contributed by atoms with van der Waals surface area (Å²) in [6, 6.07) is 6.83. The highest BCUT2D eigenvalue weighted by molar-refractivity contribution is 6.63. The van der Waals surface area contributed by atoms with Gasteiger partial charge in [-0.3, -0.25) is 4.79 Å². The van der Waals surface area contributed by atoms with Gasteiger partial charge in [-0.15, -0.1) is 0 Å². The largest absolute Gasteiger partial charge is 0.495 e. The second-order valence-corrected chi connectivity index (χ2v) is 8.31. The molecule has 148 valence electrons. The molecule has 0 radical (unpaired) electrons. The van der Waals surface area contributed by atoms with Crippen molar-refractivity contribution < 1.29 is 27.3 Å². The van der Waals surface area contributed by atoms with Crippen LogP contribution in [0.15, 0.2) is 24.3 Å². The van der Waals surface area contributed by atoms with Crippen LogP contribution in [-0.2, 0) is 9.31 Å². The predicted molar refractivity (Wildman–Crippen MR) is 96.8 cm³/mol. The van der Waals surface area contributed by atoms with E-state index in [0.29, 0.717) is 24.0 Å². The van der Waals surface area contributed by atoms with Crippen LogP contribution in [-0.4, -0.2) is 48.4 Å². The smallest absolute Gasteiger partial charge is 0.399 e. The lowest BCUT2D eigenvalue weighted by Gasteiger charge is -2.34. The van der Waals surface area contributed by atoms with Gasteiger partial charge in [-0.05, 0) is 52.1 Å². The summed E-state index contributed by atoms with van der Waals surface area (Å²) in [5.41, 5.74) is -0.255. The lowest BCUT2D eigenvalue weighted by atomic mass is 9.75. The number of nitrogens with zero attached hydrogens (tertiary/aromatic N) is 1. The number of alkyl halides is 3. The van der Waals surface area contributed by atoms with Gasteiger partial charge in [0.1, 0.15) is 0 Å². The van der Waals surface area contributed by atoms with E-state index in [9.17, 15) is 18.0 Å². The van der Waals surface area contributed by atoms with Crippen LogP contribution >= 0.6 is 0 Å². The van der Waals surface area contributed by atoms with E-state index in [2.05, 4.69) is 0 Å². The molecule has 0 aliphatic carbocycles. The third-order valence-corrected chi connectivity index (χ3v) is 5.87. The van der Waals surface area contributed by atoms with Crippen LogP contribution in [0, 0.1) is 5.92 Å². The number of halogens is 3. The van der Waals surface area contributed by atoms with Crippen LogP contribution < -0.4 is 5.46 Å². The summed E-state index contributed by atoms with van der Waals surface area (Å²) in [5.74, 6) is -1.88. The second kappa shape index (κ2) is 6.81. The number of benzene rings is 1. The Labute approximate surface area is 158 Å². The SMILES string of the molecule is CC1(C)OB(c2ccccc2C(=O)N2CCCC(C(F)(F)F)C2)OC1(C)C. The molecule has 2 fully saturated rings. The number of carbonyl (C=O) groups is 1. The highest BCUT2D eigenvalue weighted by atomic mass is 19.4. The minimum Gasteiger partial charge on any atom is -0.399 e. The highest BCUT2D eigenvalue weighted by Crippen LogP contribution is 2.37. The van der Waals surface area contributed by atoms with Crippen LogP contribution in [0.3, 0.4) is 0 Å². The van der Waals surface area contributed by atoms with Gasteiger partial charge in [0.05, 0.1) is 17.1 Å². The highest BCUT2D eigenvalue weighted by Gasteiger charge is 2.52. The molecule has 27 heavy (non-hydrogen) atoms. The van der Waals surface area contributed by atoms with Crippen molar-refractivity contribution in [3.8, 4) is 0 Å². The van der Waals surface area contributed by atoms with E-state index in [4.69, 9.17) is 9.31 Å². The molecule has 2 heterocycles. The molecule has 3 rings (SSSR count). The Kier molecular flexibility index (Phi) is 5.10. The van der Waals surface area contributed by atoms with E-state index in [1.165, 1.54) is 4.90 Å². The normalized spacial score (nSPS) is 24.9. The number of carbonyl (C=O) groups excluding carboxylic acids is 1. The summed E-state index contributed by atoms with van der Waals surface area (Å²) < 4.78 is 51.4. The molecule has 1 aromatic carbocycles. The first kappa shape index (κ1) is 20.2. The van der Waals surface area contributed by atoms with Gasteiger partial charge < -0.3 is 14.2 Å². The molecule has 0 bridgehead atoms. The van der Waals surface area contributed by atoms with E-state index in [0.717, 1.165) is 0 Å². The number of likely N-dealkylation sites (tertiary alicyclic amines) is 1. The fourth-order valence-electron chi connectivity index (χ4n) is 3.47. The quantitative estimate of drug-likeness (QED) is 0.735. The third-order valence-electron chi connectivity index (χ3n) is 5.87. The van der Waals surface area contributed by atoms with E-state index >= 15 is 0 Å². The molecular formula is C19H25BF3NO3. The van der Waals surface area contributed by atoms with Crippen LogP contribution in [0.4, 0.5) is 13.2 Å². The molecule has 2 aliphatic heterocycles. The molecule has 0 N–H and O–H groups in total.